The number of pyridine rings is 1. The van der Waals surface area contributed by atoms with Gasteiger partial charge in [0.2, 0.25) is 0 Å². The lowest BCUT2D eigenvalue weighted by Crippen LogP contribution is -2.53. The SMILES string of the molecule is CC[C@@H]1CN(C(=O)c2cc(-c3cnn(C)c3)nc3c(C)cccc23)CCN1C. The second-order valence-corrected chi connectivity index (χ2v) is 7.72. The van der Waals surface area contributed by atoms with Crippen molar-refractivity contribution in [2.45, 2.75) is 26.3 Å². The maximum atomic E-state index is 13.5. The van der Waals surface area contributed by atoms with Crippen LogP contribution in [0, 0.1) is 6.92 Å². The van der Waals surface area contributed by atoms with E-state index < -0.39 is 0 Å². The lowest BCUT2D eigenvalue weighted by Gasteiger charge is -2.39. The average Bonchev–Trinajstić information content (AvgIpc) is 3.14. The predicted octanol–water partition coefficient (Wildman–Crippen LogP) is 3.11. The van der Waals surface area contributed by atoms with Crippen LogP contribution >= 0.6 is 0 Å². The number of para-hydroxylation sites is 1. The minimum atomic E-state index is 0.0923. The Morgan fingerprint density at radius 1 is 1.25 bits per heavy atom. The summed E-state index contributed by atoms with van der Waals surface area (Å²) >= 11 is 0. The van der Waals surface area contributed by atoms with Crippen molar-refractivity contribution in [3.8, 4) is 11.3 Å². The number of aromatic nitrogens is 3. The van der Waals surface area contributed by atoms with Gasteiger partial charge in [-0.3, -0.25) is 14.4 Å². The quantitative estimate of drug-likeness (QED) is 0.704. The van der Waals surface area contributed by atoms with Gasteiger partial charge in [-0.15, -0.1) is 0 Å². The third-order valence-corrected chi connectivity index (χ3v) is 5.81. The molecule has 0 bridgehead atoms. The van der Waals surface area contributed by atoms with Gasteiger partial charge in [-0.25, -0.2) is 4.98 Å². The minimum Gasteiger partial charge on any atom is -0.336 e. The van der Waals surface area contributed by atoms with E-state index in [0.29, 0.717) is 6.04 Å². The van der Waals surface area contributed by atoms with Crippen molar-refractivity contribution in [1.29, 1.82) is 0 Å². The van der Waals surface area contributed by atoms with Gasteiger partial charge in [-0.1, -0.05) is 25.1 Å². The highest BCUT2D eigenvalue weighted by Gasteiger charge is 2.28. The second kappa shape index (κ2) is 7.36. The van der Waals surface area contributed by atoms with Crippen molar-refractivity contribution in [2.75, 3.05) is 26.7 Å². The number of aryl methyl sites for hydroxylation is 2. The number of nitrogens with zero attached hydrogens (tertiary/aromatic N) is 5. The molecule has 1 aromatic carbocycles. The van der Waals surface area contributed by atoms with Gasteiger partial charge < -0.3 is 4.90 Å². The molecule has 1 saturated heterocycles. The normalized spacial score (nSPS) is 18.0. The van der Waals surface area contributed by atoms with E-state index >= 15 is 0 Å². The first-order chi connectivity index (χ1) is 13.5. The second-order valence-electron chi connectivity index (χ2n) is 7.72. The number of likely N-dealkylation sites (N-methyl/N-ethyl adjacent to an activating group) is 1. The lowest BCUT2D eigenvalue weighted by molar-refractivity contribution is 0.0543. The van der Waals surface area contributed by atoms with Crippen LogP contribution in [0.1, 0.15) is 29.3 Å². The molecule has 1 aliphatic rings. The summed E-state index contributed by atoms with van der Waals surface area (Å²) in [5, 5.41) is 5.19. The summed E-state index contributed by atoms with van der Waals surface area (Å²) in [6.07, 6.45) is 4.77. The van der Waals surface area contributed by atoms with Crippen LogP contribution in [0.2, 0.25) is 0 Å². The highest BCUT2D eigenvalue weighted by atomic mass is 16.2. The standard InChI is InChI=1S/C22H27N5O/c1-5-17-14-27(10-9-25(17)3)22(28)19-11-20(16-12-23-26(4)13-16)24-21-15(2)7-6-8-18(19)21/h6-8,11-13,17H,5,9-10,14H2,1-4H3/t17-/m1/s1. The molecular weight excluding hydrogens is 350 g/mol. The van der Waals surface area contributed by atoms with Crippen molar-refractivity contribution in [3.05, 3.63) is 47.8 Å². The first kappa shape index (κ1) is 18.6. The number of carbonyl (C=O) groups excluding carboxylic acids is 1. The van der Waals surface area contributed by atoms with Crippen LogP contribution in [0.4, 0.5) is 0 Å². The van der Waals surface area contributed by atoms with E-state index in [4.69, 9.17) is 4.98 Å². The first-order valence-electron chi connectivity index (χ1n) is 9.86. The van der Waals surface area contributed by atoms with Crippen LogP contribution in [-0.4, -0.2) is 63.2 Å². The minimum absolute atomic E-state index is 0.0923. The van der Waals surface area contributed by atoms with Gasteiger partial charge in [0.1, 0.15) is 0 Å². The first-order valence-corrected chi connectivity index (χ1v) is 9.86. The van der Waals surface area contributed by atoms with Gasteiger partial charge in [0, 0.05) is 49.9 Å². The molecule has 0 aliphatic carbocycles. The summed E-state index contributed by atoms with van der Waals surface area (Å²) < 4.78 is 1.76. The van der Waals surface area contributed by atoms with Crippen LogP contribution < -0.4 is 0 Å². The van der Waals surface area contributed by atoms with E-state index in [9.17, 15) is 4.79 Å². The Kier molecular flexibility index (Phi) is 4.89. The summed E-state index contributed by atoms with van der Waals surface area (Å²) in [6.45, 7) is 6.65. The Morgan fingerprint density at radius 3 is 2.79 bits per heavy atom. The molecule has 3 heterocycles. The third-order valence-electron chi connectivity index (χ3n) is 5.81. The molecule has 1 amide bonds. The highest BCUT2D eigenvalue weighted by molar-refractivity contribution is 6.07. The number of hydrogen-bond donors (Lipinski definition) is 0. The molecule has 28 heavy (non-hydrogen) atoms. The monoisotopic (exact) mass is 377 g/mol. The number of amides is 1. The number of benzene rings is 1. The fourth-order valence-electron chi connectivity index (χ4n) is 4.01. The molecule has 0 saturated carbocycles. The zero-order valence-electron chi connectivity index (χ0n) is 17.0. The number of fused-ring (bicyclic) bond motifs is 1. The van der Waals surface area contributed by atoms with Crippen molar-refractivity contribution in [1.82, 2.24) is 24.6 Å². The van der Waals surface area contributed by atoms with E-state index in [1.165, 1.54) is 0 Å². The maximum Gasteiger partial charge on any atom is 0.254 e. The average molecular weight is 377 g/mol. The molecule has 2 aromatic heterocycles. The summed E-state index contributed by atoms with van der Waals surface area (Å²) in [4.78, 5) is 22.7. The fourth-order valence-corrected chi connectivity index (χ4v) is 4.01. The van der Waals surface area contributed by atoms with Crippen LogP contribution in [0.3, 0.4) is 0 Å². The maximum absolute atomic E-state index is 13.5. The smallest absolute Gasteiger partial charge is 0.254 e. The Balaban J connectivity index is 1.81. The van der Waals surface area contributed by atoms with Gasteiger partial charge in [-0.05, 0) is 32.0 Å². The zero-order chi connectivity index (χ0) is 19.8. The Labute approximate surface area is 165 Å². The van der Waals surface area contributed by atoms with Crippen LogP contribution in [0.15, 0.2) is 36.7 Å². The molecule has 0 spiro atoms. The van der Waals surface area contributed by atoms with Gasteiger partial charge >= 0.3 is 0 Å². The summed E-state index contributed by atoms with van der Waals surface area (Å²) in [5.74, 6) is 0.0923. The Morgan fingerprint density at radius 2 is 2.07 bits per heavy atom. The Hall–Kier alpha value is -2.73. The fraction of sp³-hybridized carbons (Fsp3) is 0.409. The zero-order valence-corrected chi connectivity index (χ0v) is 17.0. The van der Waals surface area contributed by atoms with Gasteiger partial charge in [0.15, 0.2) is 0 Å². The molecular formula is C22H27N5O. The van der Waals surface area contributed by atoms with E-state index in [1.54, 1.807) is 10.9 Å². The van der Waals surface area contributed by atoms with Crippen molar-refractivity contribution in [2.24, 2.45) is 7.05 Å². The number of piperazine rings is 1. The van der Waals surface area contributed by atoms with Crippen LogP contribution in [0.5, 0.6) is 0 Å². The molecule has 6 heteroatoms. The lowest BCUT2D eigenvalue weighted by atomic mass is 10.0. The molecule has 4 rings (SSSR count). The molecule has 1 atom stereocenters. The van der Waals surface area contributed by atoms with Gasteiger partial charge in [-0.2, -0.15) is 5.10 Å². The summed E-state index contributed by atoms with van der Waals surface area (Å²) in [6, 6.07) is 8.38. The number of carbonyl (C=O) groups is 1. The molecule has 146 valence electrons. The number of hydrogen-bond acceptors (Lipinski definition) is 4. The largest absolute Gasteiger partial charge is 0.336 e. The van der Waals surface area contributed by atoms with Crippen LogP contribution in [0.25, 0.3) is 22.2 Å². The predicted molar refractivity (Wildman–Crippen MR) is 111 cm³/mol. The molecule has 6 nitrogen and oxygen atoms in total. The van der Waals surface area contributed by atoms with E-state index in [2.05, 4.69) is 24.0 Å². The third kappa shape index (κ3) is 3.29. The van der Waals surface area contributed by atoms with E-state index in [0.717, 1.165) is 59.3 Å². The summed E-state index contributed by atoms with van der Waals surface area (Å²) in [7, 11) is 4.03. The van der Waals surface area contributed by atoms with Crippen LogP contribution in [-0.2, 0) is 7.05 Å². The molecule has 3 aromatic rings. The van der Waals surface area contributed by atoms with Crippen molar-refractivity contribution < 1.29 is 4.79 Å². The van der Waals surface area contributed by atoms with Crippen molar-refractivity contribution >= 4 is 16.8 Å². The van der Waals surface area contributed by atoms with Gasteiger partial charge in [0.25, 0.3) is 5.91 Å². The molecule has 0 radical (unpaired) electrons. The number of rotatable bonds is 3. The molecule has 0 unspecified atom stereocenters. The molecule has 1 aliphatic heterocycles. The molecule has 0 N–H and O–H groups in total. The molecule has 1 fully saturated rings. The van der Waals surface area contributed by atoms with E-state index in [-0.39, 0.29) is 5.91 Å². The summed E-state index contributed by atoms with van der Waals surface area (Å²) in [5.41, 5.74) is 4.40. The Bertz CT molecular complexity index is 1020. The van der Waals surface area contributed by atoms with Gasteiger partial charge in [0.05, 0.1) is 23.0 Å². The van der Waals surface area contributed by atoms with E-state index in [1.807, 2.05) is 49.3 Å². The topological polar surface area (TPSA) is 54.3 Å². The highest BCUT2D eigenvalue weighted by Crippen LogP contribution is 2.28. The van der Waals surface area contributed by atoms with Crippen molar-refractivity contribution in [3.63, 3.8) is 0 Å².